The number of hydrogen-bond acceptors (Lipinski definition) is 1. The predicted octanol–water partition coefficient (Wildman–Crippen LogP) is 4.98. The zero-order chi connectivity index (χ0) is 12.4. The molecule has 1 heteroatoms. The van der Waals surface area contributed by atoms with Crippen LogP contribution in [0.15, 0.2) is 12.3 Å². The highest BCUT2D eigenvalue weighted by Crippen LogP contribution is 2.16. The van der Waals surface area contributed by atoms with Crippen LogP contribution in [-0.2, 0) is 0 Å². The van der Waals surface area contributed by atoms with Crippen molar-refractivity contribution in [3.05, 3.63) is 12.3 Å². The highest BCUT2D eigenvalue weighted by molar-refractivity contribution is 4.94. The molecule has 0 fully saturated rings. The maximum absolute atomic E-state index is 4.20. The van der Waals surface area contributed by atoms with Gasteiger partial charge in [0, 0.05) is 18.8 Å². The molecule has 96 valence electrons. The van der Waals surface area contributed by atoms with Crippen molar-refractivity contribution >= 4 is 0 Å². The van der Waals surface area contributed by atoms with E-state index in [0.717, 1.165) is 0 Å². The summed E-state index contributed by atoms with van der Waals surface area (Å²) in [5.41, 5.74) is 1.32. The van der Waals surface area contributed by atoms with Gasteiger partial charge < -0.3 is 4.90 Å². The van der Waals surface area contributed by atoms with Gasteiger partial charge in [-0.05, 0) is 26.2 Å². The van der Waals surface area contributed by atoms with Gasteiger partial charge in [-0.2, -0.15) is 0 Å². The molecule has 1 atom stereocenters. The Balaban J connectivity index is 3.73. The summed E-state index contributed by atoms with van der Waals surface area (Å²) >= 11 is 0. The average Bonchev–Trinajstić information content (AvgIpc) is 2.28. The van der Waals surface area contributed by atoms with E-state index in [2.05, 4.69) is 39.3 Å². The van der Waals surface area contributed by atoms with Gasteiger partial charge in [-0.3, -0.25) is 0 Å². The summed E-state index contributed by atoms with van der Waals surface area (Å²) in [6.45, 7) is 11.0. The summed E-state index contributed by atoms with van der Waals surface area (Å²) in [5.74, 6) is 0. The second kappa shape index (κ2) is 9.74. The van der Waals surface area contributed by atoms with E-state index in [1.807, 2.05) is 0 Å². The van der Waals surface area contributed by atoms with Crippen molar-refractivity contribution in [3.8, 4) is 0 Å². The number of unbranched alkanes of at least 4 members (excludes halogenated alkanes) is 4. The molecular weight excluding hydrogens is 194 g/mol. The fraction of sp³-hybridized carbons (Fsp3) is 0.867. The standard InChI is InChI=1S/C15H31N/c1-6-8-10-12-14(3)16(5)15(4)13-11-9-7-2/h15H,3,6-13H2,1-2,4-5H3. The van der Waals surface area contributed by atoms with Crippen molar-refractivity contribution in [2.75, 3.05) is 7.05 Å². The molecule has 0 aliphatic heterocycles. The minimum atomic E-state index is 0.653. The third-order valence-corrected chi connectivity index (χ3v) is 3.45. The number of hydrogen-bond donors (Lipinski definition) is 0. The van der Waals surface area contributed by atoms with Crippen molar-refractivity contribution in [2.24, 2.45) is 0 Å². The van der Waals surface area contributed by atoms with Crippen LogP contribution in [-0.4, -0.2) is 18.0 Å². The zero-order valence-electron chi connectivity index (χ0n) is 11.9. The Morgan fingerprint density at radius 3 is 2.19 bits per heavy atom. The fourth-order valence-corrected chi connectivity index (χ4v) is 1.95. The monoisotopic (exact) mass is 225 g/mol. The lowest BCUT2D eigenvalue weighted by molar-refractivity contribution is 0.290. The SMILES string of the molecule is C=C(CCCCC)N(C)C(C)CCCCC. The summed E-state index contributed by atoms with van der Waals surface area (Å²) < 4.78 is 0. The fourth-order valence-electron chi connectivity index (χ4n) is 1.95. The van der Waals surface area contributed by atoms with Gasteiger partial charge >= 0.3 is 0 Å². The van der Waals surface area contributed by atoms with E-state index in [-0.39, 0.29) is 0 Å². The molecule has 0 radical (unpaired) electrons. The second-order valence-corrected chi connectivity index (χ2v) is 4.98. The molecule has 1 nitrogen and oxygen atoms in total. The topological polar surface area (TPSA) is 3.24 Å². The molecule has 0 spiro atoms. The van der Waals surface area contributed by atoms with E-state index < -0.39 is 0 Å². The Morgan fingerprint density at radius 1 is 1.06 bits per heavy atom. The van der Waals surface area contributed by atoms with Crippen molar-refractivity contribution < 1.29 is 0 Å². The smallest absolute Gasteiger partial charge is 0.0255 e. The molecule has 0 saturated carbocycles. The van der Waals surface area contributed by atoms with Crippen LogP contribution in [0.4, 0.5) is 0 Å². The lowest BCUT2D eigenvalue weighted by Crippen LogP contribution is -2.27. The third kappa shape index (κ3) is 6.92. The molecular formula is C15H31N. The van der Waals surface area contributed by atoms with Gasteiger partial charge in [0.25, 0.3) is 0 Å². The first-order chi connectivity index (χ1) is 7.63. The van der Waals surface area contributed by atoms with E-state index >= 15 is 0 Å². The summed E-state index contributed by atoms with van der Waals surface area (Å²) in [7, 11) is 2.20. The number of allylic oxidation sites excluding steroid dienone is 1. The van der Waals surface area contributed by atoms with E-state index in [4.69, 9.17) is 0 Å². The Kier molecular flexibility index (Phi) is 9.46. The quantitative estimate of drug-likeness (QED) is 0.474. The first-order valence-corrected chi connectivity index (χ1v) is 7.04. The first-order valence-electron chi connectivity index (χ1n) is 7.04. The van der Waals surface area contributed by atoms with Crippen molar-refractivity contribution in [2.45, 2.75) is 78.2 Å². The molecule has 0 saturated heterocycles. The Hall–Kier alpha value is -0.460. The molecule has 0 bridgehead atoms. The van der Waals surface area contributed by atoms with Crippen molar-refractivity contribution in [1.29, 1.82) is 0 Å². The molecule has 0 aromatic heterocycles. The third-order valence-electron chi connectivity index (χ3n) is 3.45. The molecule has 16 heavy (non-hydrogen) atoms. The van der Waals surface area contributed by atoms with Crippen LogP contribution in [0.25, 0.3) is 0 Å². The summed E-state index contributed by atoms with van der Waals surface area (Å²) in [6.07, 6.45) is 10.4. The van der Waals surface area contributed by atoms with Crippen LogP contribution in [0, 0.1) is 0 Å². The van der Waals surface area contributed by atoms with E-state index in [0.29, 0.717) is 6.04 Å². The summed E-state index contributed by atoms with van der Waals surface area (Å²) in [4.78, 5) is 2.38. The van der Waals surface area contributed by atoms with Crippen molar-refractivity contribution in [1.82, 2.24) is 4.90 Å². The normalized spacial score (nSPS) is 12.5. The van der Waals surface area contributed by atoms with E-state index in [1.165, 1.54) is 57.1 Å². The largest absolute Gasteiger partial charge is 0.376 e. The Bertz CT molecular complexity index is 174. The lowest BCUT2D eigenvalue weighted by Gasteiger charge is -2.29. The molecule has 0 aromatic carbocycles. The Morgan fingerprint density at radius 2 is 1.62 bits per heavy atom. The maximum Gasteiger partial charge on any atom is 0.0255 e. The molecule has 1 unspecified atom stereocenters. The second-order valence-electron chi connectivity index (χ2n) is 4.98. The molecule has 0 amide bonds. The predicted molar refractivity (Wildman–Crippen MR) is 74.6 cm³/mol. The van der Waals surface area contributed by atoms with Gasteiger partial charge in [0.05, 0.1) is 0 Å². The summed E-state index contributed by atoms with van der Waals surface area (Å²) in [6, 6.07) is 0.653. The summed E-state index contributed by atoms with van der Waals surface area (Å²) in [5, 5.41) is 0. The average molecular weight is 225 g/mol. The van der Waals surface area contributed by atoms with Crippen LogP contribution < -0.4 is 0 Å². The van der Waals surface area contributed by atoms with Gasteiger partial charge in [0.2, 0.25) is 0 Å². The molecule has 0 rings (SSSR count). The van der Waals surface area contributed by atoms with Gasteiger partial charge in [-0.15, -0.1) is 0 Å². The molecule has 0 N–H and O–H groups in total. The van der Waals surface area contributed by atoms with Crippen LogP contribution in [0.1, 0.15) is 72.1 Å². The molecule has 0 aliphatic rings. The van der Waals surface area contributed by atoms with Gasteiger partial charge in [0.15, 0.2) is 0 Å². The molecule has 0 aromatic rings. The lowest BCUT2D eigenvalue weighted by atomic mass is 10.1. The molecule has 0 heterocycles. The highest BCUT2D eigenvalue weighted by Gasteiger charge is 2.09. The van der Waals surface area contributed by atoms with E-state index in [9.17, 15) is 0 Å². The number of rotatable bonds is 10. The van der Waals surface area contributed by atoms with Crippen molar-refractivity contribution in [3.63, 3.8) is 0 Å². The molecule has 0 aliphatic carbocycles. The van der Waals surface area contributed by atoms with Crippen LogP contribution in [0.5, 0.6) is 0 Å². The first kappa shape index (κ1) is 15.5. The van der Waals surface area contributed by atoms with E-state index in [1.54, 1.807) is 0 Å². The minimum absolute atomic E-state index is 0.653. The van der Waals surface area contributed by atoms with Crippen LogP contribution in [0.3, 0.4) is 0 Å². The number of nitrogens with zero attached hydrogens (tertiary/aromatic N) is 1. The highest BCUT2D eigenvalue weighted by atomic mass is 15.1. The maximum atomic E-state index is 4.20. The van der Waals surface area contributed by atoms with Gasteiger partial charge in [0.1, 0.15) is 0 Å². The minimum Gasteiger partial charge on any atom is -0.376 e. The zero-order valence-corrected chi connectivity index (χ0v) is 11.9. The van der Waals surface area contributed by atoms with Gasteiger partial charge in [-0.1, -0.05) is 52.5 Å². The Labute approximate surface area is 103 Å². The van der Waals surface area contributed by atoms with Crippen LogP contribution >= 0.6 is 0 Å². The van der Waals surface area contributed by atoms with Gasteiger partial charge in [-0.25, -0.2) is 0 Å². The van der Waals surface area contributed by atoms with Crippen LogP contribution in [0.2, 0.25) is 0 Å².